The lowest BCUT2D eigenvalue weighted by Gasteiger charge is -2.34. The van der Waals surface area contributed by atoms with Gasteiger partial charge in [0.2, 0.25) is 0 Å². The summed E-state index contributed by atoms with van der Waals surface area (Å²) in [6.07, 6.45) is 20.0. The molecule has 0 aromatic carbocycles. The van der Waals surface area contributed by atoms with E-state index in [1.165, 1.54) is 64.2 Å². The first kappa shape index (κ1) is 34.0. The summed E-state index contributed by atoms with van der Waals surface area (Å²) < 4.78 is 22.1. The van der Waals surface area contributed by atoms with Gasteiger partial charge in [-0.3, -0.25) is 4.57 Å². The van der Waals surface area contributed by atoms with E-state index in [2.05, 4.69) is 13.8 Å². The van der Waals surface area contributed by atoms with Crippen molar-refractivity contribution >= 4 is 25.3 Å². The zero-order chi connectivity index (χ0) is 26.7. The van der Waals surface area contributed by atoms with Gasteiger partial charge in [0.1, 0.15) is 0 Å². The summed E-state index contributed by atoms with van der Waals surface area (Å²) in [5.41, 5.74) is 0. The number of carbonyl (C=O) groups is 1. The van der Waals surface area contributed by atoms with Crippen LogP contribution in [-0.4, -0.2) is 39.6 Å². The average molecular weight is 551 g/mol. The van der Waals surface area contributed by atoms with Crippen molar-refractivity contribution in [2.24, 2.45) is 11.8 Å². The van der Waals surface area contributed by atoms with Gasteiger partial charge in [0, 0.05) is 6.61 Å². The molecule has 0 heterocycles. The summed E-state index contributed by atoms with van der Waals surface area (Å²) in [5, 5.41) is 10.2. The van der Waals surface area contributed by atoms with Gasteiger partial charge in [0.25, 0.3) is 0 Å². The standard InChI is InChI=1S/C28H55O6PS/c1-4-7-9-10-11-12-13-17-23-33-28(27(29)30,35(31,32)34-22-6-3)36-24-21-26(18-8-5-2)25-19-15-14-16-20-25/h25-26H,4-24H2,1-3H3,(H,29,30)(H,31,32). The Hall–Kier alpha value is -0.0700. The Kier molecular flexibility index (Phi) is 18.8. The van der Waals surface area contributed by atoms with Crippen molar-refractivity contribution in [1.82, 2.24) is 0 Å². The second-order valence-electron chi connectivity index (χ2n) is 10.5. The molecule has 0 aliphatic heterocycles. The van der Waals surface area contributed by atoms with E-state index in [1.54, 1.807) is 0 Å². The van der Waals surface area contributed by atoms with Crippen molar-refractivity contribution in [3.8, 4) is 0 Å². The van der Waals surface area contributed by atoms with Crippen LogP contribution in [0.1, 0.15) is 136 Å². The third-order valence-electron chi connectivity index (χ3n) is 7.44. The van der Waals surface area contributed by atoms with Crippen molar-refractivity contribution in [3.05, 3.63) is 0 Å². The van der Waals surface area contributed by atoms with Crippen molar-refractivity contribution in [2.75, 3.05) is 19.0 Å². The first-order valence-electron chi connectivity index (χ1n) is 14.8. The number of hydrogen-bond acceptors (Lipinski definition) is 5. The van der Waals surface area contributed by atoms with Crippen LogP contribution < -0.4 is 0 Å². The fourth-order valence-electron chi connectivity index (χ4n) is 5.23. The highest BCUT2D eigenvalue weighted by atomic mass is 32.2. The van der Waals surface area contributed by atoms with E-state index in [4.69, 9.17) is 9.26 Å². The van der Waals surface area contributed by atoms with Crippen LogP contribution in [0.5, 0.6) is 0 Å². The van der Waals surface area contributed by atoms with Crippen LogP contribution in [-0.2, 0) is 18.6 Å². The lowest BCUT2D eigenvalue weighted by molar-refractivity contribution is -0.148. The Morgan fingerprint density at radius 2 is 1.50 bits per heavy atom. The van der Waals surface area contributed by atoms with Crippen molar-refractivity contribution in [1.29, 1.82) is 0 Å². The number of carboxylic acids is 1. The van der Waals surface area contributed by atoms with E-state index >= 15 is 0 Å². The lowest BCUT2D eigenvalue weighted by Crippen LogP contribution is -2.40. The number of unbranched alkanes of at least 4 members (excludes halogenated alkanes) is 8. The molecule has 0 amide bonds. The second kappa shape index (κ2) is 19.9. The number of ether oxygens (including phenoxy) is 1. The van der Waals surface area contributed by atoms with Crippen LogP contribution in [0.2, 0.25) is 0 Å². The largest absolute Gasteiger partial charge is 0.478 e. The highest BCUT2D eigenvalue weighted by Gasteiger charge is 2.58. The van der Waals surface area contributed by atoms with E-state index in [1.807, 2.05) is 6.92 Å². The van der Waals surface area contributed by atoms with E-state index in [-0.39, 0.29) is 13.2 Å². The molecule has 1 aliphatic rings. The minimum absolute atomic E-state index is 0.0334. The van der Waals surface area contributed by atoms with Gasteiger partial charge in [-0.05, 0) is 36.9 Å². The van der Waals surface area contributed by atoms with Gasteiger partial charge in [-0.2, -0.15) is 0 Å². The molecular weight excluding hydrogens is 495 g/mol. The van der Waals surface area contributed by atoms with Crippen LogP contribution in [0.4, 0.5) is 0 Å². The number of thioether (sulfide) groups is 1. The van der Waals surface area contributed by atoms with Gasteiger partial charge in [0.05, 0.1) is 6.61 Å². The molecule has 8 heteroatoms. The molecule has 1 aliphatic carbocycles. The molecule has 1 rings (SSSR count). The fourth-order valence-corrected chi connectivity index (χ4v) is 8.40. The third-order valence-corrected chi connectivity index (χ3v) is 11.2. The van der Waals surface area contributed by atoms with Crippen LogP contribution in [0, 0.1) is 11.8 Å². The molecule has 0 spiro atoms. The van der Waals surface area contributed by atoms with Gasteiger partial charge in [-0.1, -0.05) is 117 Å². The van der Waals surface area contributed by atoms with Crippen LogP contribution >= 0.6 is 19.4 Å². The SMILES string of the molecule is CCCCCCCCCCOC(SCCC(CCCC)C1CCCCC1)(C(=O)O)P(=O)(O)OCCC. The zero-order valence-corrected chi connectivity index (χ0v) is 25.1. The van der Waals surface area contributed by atoms with Crippen LogP contribution in [0.3, 0.4) is 0 Å². The topological polar surface area (TPSA) is 93.1 Å². The molecule has 6 nitrogen and oxygen atoms in total. The van der Waals surface area contributed by atoms with E-state index in [9.17, 15) is 19.4 Å². The summed E-state index contributed by atoms with van der Waals surface area (Å²) in [5.74, 6) is 0.290. The number of hydrogen-bond donors (Lipinski definition) is 2. The van der Waals surface area contributed by atoms with Crippen molar-refractivity contribution in [3.63, 3.8) is 0 Å². The summed E-state index contributed by atoms with van der Waals surface area (Å²) in [6.45, 7) is 6.42. The quantitative estimate of drug-likeness (QED) is 0.0744. The number of rotatable bonds is 23. The molecule has 3 atom stereocenters. The highest BCUT2D eigenvalue weighted by Crippen LogP contribution is 2.62. The maximum atomic E-state index is 13.3. The summed E-state index contributed by atoms with van der Waals surface area (Å²) >= 11 is 0.978. The molecule has 36 heavy (non-hydrogen) atoms. The Balaban J connectivity index is 2.78. The Bertz CT molecular complexity index is 613. The van der Waals surface area contributed by atoms with E-state index in [0.29, 0.717) is 30.4 Å². The molecule has 2 N–H and O–H groups in total. The minimum Gasteiger partial charge on any atom is -0.478 e. The zero-order valence-electron chi connectivity index (χ0n) is 23.4. The molecule has 1 fully saturated rings. The highest BCUT2D eigenvalue weighted by molar-refractivity contribution is 8.07. The van der Waals surface area contributed by atoms with Gasteiger partial charge < -0.3 is 19.3 Å². The maximum absolute atomic E-state index is 13.3. The minimum atomic E-state index is -4.55. The van der Waals surface area contributed by atoms with Crippen LogP contribution in [0.25, 0.3) is 0 Å². The first-order chi connectivity index (χ1) is 17.3. The number of aliphatic carboxylic acids is 1. The summed E-state index contributed by atoms with van der Waals surface area (Å²) in [4.78, 5) is 23.3. The second-order valence-corrected chi connectivity index (χ2v) is 14.0. The molecule has 0 bridgehead atoms. The Labute approximate surface area is 225 Å². The predicted molar refractivity (Wildman–Crippen MR) is 152 cm³/mol. The lowest BCUT2D eigenvalue weighted by atomic mass is 9.77. The monoisotopic (exact) mass is 550 g/mol. The first-order valence-corrected chi connectivity index (χ1v) is 17.4. The normalized spacial score (nSPS) is 19.0. The molecule has 1 saturated carbocycles. The van der Waals surface area contributed by atoms with Gasteiger partial charge in [-0.15, -0.1) is 11.8 Å². The molecule has 214 valence electrons. The van der Waals surface area contributed by atoms with Crippen molar-refractivity contribution in [2.45, 2.75) is 141 Å². The third kappa shape index (κ3) is 12.2. The summed E-state index contributed by atoms with van der Waals surface area (Å²) in [7, 11) is -4.55. The van der Waals surface area contributed by atoms with Gasteiger partial charge in [-0.25, -0.2) is 4.79 Å². The Morgan fingerprint density at radius 1 is 0.889 bits per heavy atom. The maximum Gasteiger partial charge on any atom is 0.382 e. The fraction of sp³-hybridized carbons (Fsp3) is 0.964. The summed E-state index contributed by atoms with van der Waals surface area (Å²) in [6, 6.07) is 0. The average Bonchev–Trinajstić information content (AvgIpc) is 2.87. The molecule has 0 radical (unpaired) electrons. The van der Waals surface area contributed by atoms with E-state index < -0.39 is 18.2 Å². The van der Waals surface area contributed by atoms with Crippen LogP contribution in [0.15, 0.2) is 0 Å². The molecule has 3 unspecified atom stereocenters. The van der Waals surface area contributed by atoms with Crippen molar-refractivity contribution < 1.29 is 28.6 Å². The molecule has 0 aromatic heterocycles. The molecule has 0 aromatic rings. The Morgan fingerprint density at radius 3 is 2.08 bits per heavy atom. The number of carboxylic acid groups (broad SMARTS) is 1. The molecular formula is C28H55O6PS. The van der Waals surface area contributed by atoms with E-state index in [0.717, 1.165) is 50.3 Å². The van der Waals surface area contributed by atoms with Gasteiger partial charge >= 0.3 is 18.2 Å². The molecule has 0 saturated heterocycles. The smallest absolute Gasteiger partial charge is 0.382 e. The predicted octanol–water partition coefficient (Wildman–Crippen LogP) is 9.00. The van der Waals surface area contributed by atoms with Gasteiger partial charge in [0.15, 0.2) is 0 Å².